The van der Waals surface area contributed by atoms with Crippen molar-refractivity contribution < 1.29 is 18.7 Å². The van der Waals surface area contributed by atoms with Crippen molar-refractivity contribution >= 4 is 10.9 Å². The largest absolute Gasteiger partial charge is 0.497 e. The van der Waals surface area contributed by atoms with E-state index in [0.717, 1.165) is 36.8 Å². The van der Waals surface area contributed by atoms with Gasteiger partial charge in [0, 0.05) is 24.7 Å². The molecule has 7 heteroatoms. The molecule has 2 aromatic heterocycles. The van der Waals surface area contributed by atoms with Gasteiger partial charge in [-0.25, -0.2) is 9.37 Å². The lowest BCUT2D eigenvalue weighted by atomic mass is 9.81. The van der Waals surface area contributed by atoms with E-state index in [9.17, 15) is 5.11 Å². The van der Waals surface area contributed by atoms with E-state index in [0.29, 0.717) is 35.9 Å². The molecule has 1 aromatic carbocycles. The summed E-state index contributed by atoms with van der Waals surface area (Å²) in [5.74, 6) is 7.19. The molecule has 4 rings (SSSR count). The Labute approximate surface area is 187 Å². The lowest BCUT2D eigenvalue weighted by molar-refractivity contribution is 0.0708. The molecular formula is C25H28FN3O3. The lowest BCUT2D eigenvalue weighted by Crippen LogP contribution is -2.42. The first kappa shape index (κ1) is 22.3. The fourth-order valence-corrected chi connectivity index (χ4v) is 4.47. The van der Waals surface area contributed by atoms with Crippen LogP contribution in [0.3, 0.4) is 0 Å². The Kier molecular flexibility index (Phi) is 7.35. The molecule has 0 aliphatic carbocycles. The average molecular weight is 438 g/mol. The zero-order valence-corrected chi connectivity index (χ0v) is 18.2. The number of aliphatic hydroxyl groups excluding tert-OH is 1. The summed E-state index contributed by atoms with van der Waals surface area (Å²) >= 11 is 0. The number of nitrogens with zero attached hydrogens (tertiary/aromatic N) is 3. The minimum atomic E-state index is -1.08. The predicted octanol–water partition coefficient (Wildman–Crippen LogP) is 4.00. The van der Waals surface area contributed by atoms with Gasteiger partial charge in [-0.3, -0.25) is 9.88 Å². The number of rotatable bonds is 7. The van der Waals surface area contributed by atoms with E-state index >= 15 is 4.39 Å². The monoisotopic (exact) mass is 437 g/mol. The fraction of sp³-hybridized carbons (Fsp3) is 0.440. The van der Waals surface area contributed by atoms with Crippen molar-refractivity contribution in [3.63, 3.8) is 0 Å². The number of piperidine rings is 1. The van der Waals surface area contributed by atoms with E-state index in [1.54, 1.807) is 19.4 Å². The molecule has 3 atom stereocenters. The number of fused-ring (bicyclic) bond motifs is 1. The highest BCUT2D eigenvalue weighted by Crippen LogP contribution is 2.35. The number of oxazole rings is 1. The van der Waals surface area contributed by atoms with Gasteiger partial charge in [-0.2, -0.15) is 0 Å². The van der Waals surface area contributed by atoms with Crippen LogP contribution in [0.25, 0.3) is 10.9 Å². The topological polar surface area (TPSA) is 71.6 Å². The zero-order valence-electron chi connectivity index (χ0n) is 18.2. The standard InChI is InChI=1S/C25H28FN3O3/c1-31-21-5-7-25-23(13-21)22(8-10-27-25)24(26)6-4-18-9-12-29(14-19(18)15-30)11-2-3-20-16-32-17-28-20/h5,7-8,10,13,16-19,24,30H,4,6,9,11-12,14-15H2,1H3/t18-,19-,24?/m1/s1. The number of aromatic nitrogens is 2. The van der Waals surface area contributed by atoms with Crippen LogP contribution in [0.2, 0.25) is 0 Å². The van der Waals surface area contributed by atoms with Crippen LogP contribution < -0.4 is 4.74 Å². The molecular weight excluding hydrogens is 409 g/mol. The molecule has 0 bridgehead atoms. The van der Waals surface area contributed by atoms with Gasteiger partial charge in [0.1, 0.15) is 18.2 Å². The van der Waals surface area contributed by atoms with Crippen molar-refractivity contribution in [2.24, 2.45) is 11.8 Å². The molecule has 0 spiro atoms. The number of pyridine rings is 1. The Balaban J connectivity index is 1.35. The summed E-state index contributed by atoms with van der Waals surface area (Å²) in [4.78, 5) is 10.6. The molecule has 1 fully saturated rings. The second-order valence-corrected chi connectivity index (χ2v) is 8.23. The Morgan fingerprint density at radius 2 is 2.22 bits per heavy atom. The fourth-order valence-electron chi connectivity index (χ4n) is 4.47. The van der Waals surface area contributed by atoms with E-state index in [1.165, 1.54) is 12.7 Å². The van der Waals surface area contributed by atoms with Gasteiger partial charge in [-0.15, -0.1) is 0 Å². The van der Waals surface area contributed by atoms with Crippen molar-refractivity contribution in [3.05, 3.63) is 54.4 Å². The van der Waals surface area contributed by atoms with Gasteiger partial charge in [0.05, 0.1) is 19.2 Å². The SMILES string of the molecule is COc1ccc2nccc(C(F)CC[C@@H]3CCN(CC#Cc4cocn4)C[C@@H]3CO)c2c1. The zero-order chi connectivity index (χ0) is 22.3. The molecule has 0 amide bonds. The van der Waals surface area contributed by atoms with Crippen LogP contribution >= 0.6 is 0 Å². The maximum absolute atomic E-state index is 15.3. The van der Waals surface area contributed by atoms with Crippen LogP contribution in [0.15, 0.2) is 47.5 Å². The number of alkyl halides is 1. The third kappa shape index (κ3) is 5.26. The van der Waals surface area contributed by atoms with Crippen LogP contribution in [0.1, 0.15) is 36.7 Å². The summed E-state index contributed by atoms with van der Waals surface area (Å²) in [7, 11) is 1.60. The number of likely N-dealkylation sites (tertiary alicyclic amines) is 1. The van der Waals surface area contributed by atoms with Crippen molar-refractivity contribution in [3.8, 4) is 17.6 Å². The first-order valence-electron chi connectivity index (χ1n) is 10.9. The number of aliphatic hydroxyl groups is 1. The van der Waals surface area contributed by atoms with Gasteiger partial charge in [-0.1, -0.05) is 5.92 Å². The van der Waals surface area contributed by atoms with Gasteiger partial charge in [0.2, 0.25) is 0 Å². The molecule has 3 heterocycles. The highest BCUT2D eigenvalue weighted by Gasteiger charge is 2.29. The first-order valence-corrected chi connectivity index (χ1v) is 10.9. The third-order valence-corrected chi connectivity index (χ3v) is 6.27. The highest BCUT2D eigenvalue weighted by molar-refractivity contribution is 5.83. The first-order chi connectivity index (χ1) is 15.7. The quantitative estimate of drug-likeness (QED) is 0.564. The Hall–Kier alpha value is -2.95. The van der Waals surface area contributed by atoms with E-state index < -0.39 is 6.17 Å². The molecule has 32 heavy (non-hydrogen) atoms. The normalized spacial score (nSPS) is 20.0. The third-order valence-electron chi connectivity index (χ3n) is 6.27. The van der Waals surface area contributed by atoms with Crippen LogP contribution in [0.5, 0.6) is 5.75 Å². The lowest BCUT2D eigenvalue weighted by Gasteiger charge is -2.37. The molecule has 0 saturated carbocycles. The van der Waals surface area contributed by atoms with E-state index in [2.05, 4.69) is 26.7 Å². The molecule has 0 radical (unpaired) electrons. The molecule has 1 unspecified atom stereocenters. The van der Waals surface area contributed by atoms with Crippen molar-refractivity contribution in [2.75, 3.05) is 33.4 Å². The van der Waals surface area contributed by atoms with Gasteiger partial charge in [0.15, 0.2) is 12.1 Å². The van der Waals surface area contributed by atoms with Crippen LogP contribution in [-0.4, -0.2) is 53.3 Å². The van der Waals surface area contributed by atoms with E-state index in [1.807, 2.05) is 18.2 Å². The number of benzene rings is 1. The predicted molar refractivity (Wildman–Crippen MR) is 120 cm³/mol. The molecule has 1 N–H and O–H groups in total. The Morgan fingerprint density at radius 1 is 1.31 bits per heavy atom. The maximum atomic E-state index is 15.3. The van der Waals surface area contributed by atoms with Gasteiger partial charge >= 0.3 is 0 Å². The van der Waals surface area contributed by atoms with Gasteiger partial charge in [0.25, 0.3) is 0 Å². The van der Waals surface area contributed by atoms with Crippen LogP contribution in [-0.2, 0) is 0 Å². The Morgan fingerprint density at radius 3 is 3.00 bits per heavy atom. The summed E-state index contributed by atoms with van der Waals surface area (Å²) < 4.78 is 25.5. The van der Waals surface area contributed by atoms with Crippen LogP contribution in [0, 0.1) is 23.7 Å². The summed E-state index contributed by atoms with van der Waals surface area (Å²) in [5.41, 5.74) is 2.03. The van der Waals surface area contributed by atoms with E-state index in [4.69, 9.17) is 9.15 Å². The Bertz CT molecular complexity index is 1080. The molecule has 1 aliphatic heterocycles. The number of halogens is 1. The average Bonchev–Trinajstić information content (AvgIpc) is 3.35. The summed E-state index contributed by atoms with van der Waals surface area (Å²) in [6, 6.07) is 7.29. The number of hydrogen-bond donors (Lipinski definition) is 1. The van der Waals surface area contributed by atoms with Crippen LogP contribution in [0.4, 0.5) is 4.39 Å². The summed E-state index contributed by atoms with van der Waals surface area (Å²) in [6.45, 7) is 2.37. The minimum Gasteiger partial charge on any atom is -0.497 e. The summed E-state index contributed by atoms with van der Waals surface area (Å²) in [6.07, 6.45) is 5.53. The van der Waals surface area contributed by atoms with Crippen molar-refractivity contribution in [1.82, 2.24) is 14.9 Å². The van der Waals surface area contributed by atoms with Gasteiger partial charge in [-0.05, 0) is 73.4 Å². The second kappa shape index (κ2) is 10.6. The maximum Gasteiger partial charge on any atom is 0.181 e. The van der Waals surface area contributed by atoms with Crippen molar-refractivity contribution in [2.45, 2.75) is 25.4 Å². The molecule has 6 nitrogen and oxygen atoms in total. The molecule has 168 valence electrons. The molecule has 3 aromatic rings. The second-order valence-electron chi connectivity index (χ2n) is 8.23. The number of ether oxygens (including phenoxy) is 1. The molecule has 1 saturated heterocycles. The smallest absolute Gasteiger partial charge is 0.181 e. The summed E-state index contributed by atoms with van der Waals surface area (Å²) in [5, 5.41) is 10.7. The van der Waals surface area contributed by atoms with E-state index in [-0.39, 0.29) is 12.5 Å². The minimum absolute atomic E-state index is 0.101. The molecule has 1 aliphatic rings. The van der Waals surface area contributed by atoms with Crippen molar-refractivity contribution in [1.29, 1.82) is 0 Å². The number of methoxy groups -OCH3 is 1. The van der Waals surface area contributed by atoms with Gasteiger partial charge < -0.3 is 14.3 Å². The number of hydrogen-bond acceptors (Lipinski definition) is 6. The highest BCUT2D eigenvalue weighted by atomic mass is 19.1.